The van der Waals surface area contributed by atoms with Crippen LogP contribution in [0.5, 0.6) is 5.75 Å². The summed E-state index contributed by atoms with van der Waals surface area (Å²) >= 11 is 0. The van der Waals surface area contributed by atoms with E-state index in [0.717, 1.165) is 22.3 Å². The second kappa shape index (κ2) is 12.1. The summed E-state index contributed by atoms with van der Waals surface area (Å²) in [4.78, 5) is 47.7. The van der Waals surface area contributed by atoms with Crippen LogP contribution in [0.2, 0.25) is 0 Å². The second-order valence-corrected chi connectivity index (χ2v) is 9.60. The number of aryl methyl sites for hydroxylation is 2. The maximum Gasteiger partial charge on any atom is 0.408 e. The van der Waals surface area contributed by atoms with Crippen LogP contribution in [0.1, 0.15) is 49.9 Å². The van der Waals surface area contributed by atoms with Gasteiger partial charge in [0.25, 0.3) is 0 Å². The predicted molar refractivity (Wildman–Crippen MR) is 136 cm³/mol. The molecule has 1 unspecified atom stereocenters. The van der Waals surface area contributed by atoms with Crippen molar-refractivity contribution in [2.24, 2.45) is 5.73 Å². The van der Waals surface area contributed by atoms with Crippen LogP contribution in [-0.2, 0) is 20.7 Å². The van der Waals surface area contributed by atoms with Gasteiger partial charge in [0.05, 0.1) is 0 Å². The van der Waals surface area contributed by atoms with Crippen LogP contribution >= 0.6 is 0 Å². The lowest BCUT2D eigenvalue weighted by molar-refractivity contribution is -0.139. The molecule has 4 N–H and O–H groups in total. The van der Waals surface area contributed by atoms with Crippen molar-refractivity contribution < 1.29 is 24.2 Å². The summed E-state index contributed by atoms with van der Waals surface area (Å²) in [6.45, 7) is 10.4. The number of amides is 3. The molecule has 0 fully saturated rings. The van der Waals surface area contributed by atoms with E-state index in [1.54, 1.807) is 57.4 Å². The number of aromatic hydroxyl groups is 1. The highest BCUT2D eigenvalue weighted by molar-refractivity contribution is 5.91. The number of nitrogens with one attached hydrogen (secondary N) is 1. The number of nitrogens with zero attached hydrogens (tertiary/aromatic N) is 3. The molecule has 0 aliphatic heterocycles. The molecule has 10 heteroatoms. The van der Waals surface area contributed by atoms with Gasteiger partial charge in [-0.15, -0.1) is 0 Å². The summed E-state index contributed by atoms with van der Waals surface area (Å²) < 4.78 is 5.38. The molecule has 1 aromatic heterocycles. The number of rotatable bonds is 9. The topological polar surface area (TPSA) is 148 Å². The molecule has 0 saturated heterocycles. The Hall–Kier alpha value is -3.95. The molecule has 1 heterocycles. The summed E-state index contributed by atoms with van der Waals surface area (Å²) in [7, 11) is 0. The molecular weight excluding hydrogens is 462 g/mol. The van der Waals surface area contributed by atoms with Crippen LogP contribution in [-0.4, -0.2) is 62.1 Å². The number of hydrogen-bond acceptors (Lipinski definition) is 7. The van der Waals surface area contributed by atoms with Crippen molar-refractivity contribution in [1.82, 2.24) is 20.2 Å². The molecule has 2 rings (SSSR count). The summed E-state index contributed by atoms with van der Waals surface area (Å²) in [5.74, 6) is -1.09. The van der Waals surface area contributed by atoms with Crippen molar-refractivity contribution in [3.8, 4) is 5.75 Å². The quantitative estimate of drug-likeness (QED) is 0.482. The van der Waals surface area contributed by atoms with Gasteiger partial charge >= 0.3 is 6.09 Å². The maximum absolute atomic E-state index is 13.8. The first-order chi connectivity index (χ1) is 16.8. The number of alkyl carbamates (subject to hydrolysis) is 1. The Morgan fingerprint density at radius 2 is 1.75 bits per heavy atom. The van der Waals surface area contributed by atoms with Gasteiger partial charge in [0.15, 0.2) is 0 Å². The summed E-state index contributed by atoms with van der Waals surface area (Å²) in [5, 5.41) is 12.6. The largest absolute Gasteiger partial charge is 0.508 e. The molecule has 194 valence electrons. The Bertz CT molecular complexity index is 1090. The fourth-order valence-electron chi connectivity index (χ4n) is 3.64. The molecule has 0 aliphatic rings. The van der Waals surface area contributed by atoms with Crippen molar-refractivity contribution in [3.63, 3.8) is 0 Å². The number of phenols is 1. The van der Waals surface area contributed by atoms with Gasteiger partial charge in [-0.25, -0.2) is 14.8 Å². The monoisotopic (exact) mass is 497 g/mol. The van der Waals surface area contributed by atoms with Gasteiger partial charge in [-0.05, 0) is 70.4 Å². The molecule has 0 bridgehead atoms. The third kappa shape index (κ3) is 8.37. The standard InChI is InChI=1S/C26H35N5O5/c1-16-10-20(32)11-17(2)21(16)12-22(30-25(35)36-26(4,5)6)24(34)31(18(3)23(27)33)9-7-8-19-13-28-15-29-14-19/h7-8,10-11,13-15,18,22,32H,9,12H2,1-6H3,(H2,27,33)(H,30,35)/t18-,22?/m1/s1. The zero-order chi connectivity index (χ0) is 27.0. The van der Waals surface area contributed by atoms with Gasteiger partial charge in [-0.3, -0.25) is 9.59 Å². The van der Waals surface area contributed by atoms with E-state index in [1.165, 1.54) is 18.2 Å². The molecule has 10 nitrogen and oxygen atoms in total. The van der Waals surface area contributed by atoms with E-state index in [0.29, 0.717) is 0 Å². The highest BCUT2D eigenvalue weighted by atomic mass is 16.6. The van der Waals surface area contributed by atoms with Crippen molar-refractivity contribution in [2.75, 3.05) is 6.54 Å². The summed E-state index contributed by atoms with van der Waals surface area (Å²) in [6, 6.07) is 1.17. The average Bonchev–Trinajstić information content (AvgIpc) is 2.76. The lowest BCUT2D eigenvalue weighted by Gasteiger charge is -2.31. The highest BCUT2D eigenvalue weighted by Crippen LogP contribution is 2.23. The van der Waals surface area contributed by atoms with Gasteiger partial charge in [-0.1, -0.05) is 12.2 Å². The lowest BCUT2D eigenvalue weighted by Crippen LogP contribution is -2.55. The molecule has 2 atom stereocenters. The average molecular weight is 498 g/mol. The maximum atomic E-state index is 13.8. The van der Waals surface area contributed by atoms with Gasteiger partial charge in [-0.2, -0.15) is 0 Å². The minimum atomic E-state index is -1.06. The molecule has 0 saturated carbocycles. The zero-order valence-corrected chi connectivity index (χ0v) is 21.6. The van der Waals surface area contributed by atoms with Crippen molar-refractivity contribution in [2.45, 2.75) is 65.6 Å². The predicted octanol–water partition coefficient (Wildman–Crippen LogP) is 2.65. The van der Waals surface area contributed by atoms with E-state index in [4.69, 9.17) is 10.5 Å². The van der Waals surface area contributed by atoms with Crippen LogP contribution in [0.3, 0.4) is 0 Å². The fourth-order valence-corrected chi connectivity index (χ4v) is 3.64. The Morgan fingerprint density at radius 3 is 2.28 bits per heavy atom. The number of primary amides is 1. The first-order valence-electron chi connectivity index (χ1n) is 11.6. The van der Waals surface area contributed by atoms with E-state index < -0.39 is 35.6 Å². The number of ether oxygens (including phenoxy) is 1. The second-order valence-electron chi connectivity index (χ2n) is 9.60. The molecule has 2 aromatic rings. The normalized spacial score (nSPS) is 13.2. The van der Waals surface area contributed by atoms with Gasteiger partial charge < -0.3 is 25.8 Å². The number of nitrogens with two attached hydrogens (primary N) is 1. The number of carbonyl (C=O) groups excluding carboxylic acids is 3. The fraction of sp³-hybridized carbons (Fsp3) is 0.423. The highest BCUT2D eigenvalue weighted by Gasteiger charge is 2.32. The number of carbonyl (C=O) groups is 3. The SMILES string of the molecule is Cc1cc(O)cc(C)c1CC(NC(=O)OC(C)(C)C)C(=O)N(CC=Cc1cncnc1)[C@H](C)C(N)=O. The van der Waals surface area contributed by atoms with Crippen LogP contribution in [0.15, 0.2) is 36.9 Å². The molecule has 36 heavy (non-hydrogen) atoms. The van der Waals surface area contributed by atoms with Crippen molar-refractivity contribution in [1.29, 1.82) is 0 Å². The van der Waals surface area contributed by atoms with Gasteiger partial charge in [0.2, 0.25) is 11.8 Å². The molecule has 0 radical (unpaired) electrons. The van der Waals surface area contributed by atoms with Crippen LogP contribution in [0.4, 0.5) is 4.79 Å². The zero-order valence-electron chi connectivity index (χ0n) is 21.6. The van der Waals surface area contributed by atoms with Crippen LogP contribution < -0.4 is 11.1 Å². The molecular formula is C26H35N5O5. The summed E-state index contributed by atoms with van der Waals surface area (Å²) in [5.41, 5.74) is 7.79. The van der Waals surface area contributed by atoms with E-state index in [1.807, 2.05) is 13.8 Å². The molecule has 1 aromatic carbocycles. The third-order valence-corrected chi connectivity index (χ3v) is 5.43. The first-order valence-corrected chi connectivity index (χ1v) is 11.6. The van der Waals surface area contributed by atoms with E-state index in [9.17, 15) is 19.5 Å². The Kier molecular flexibility index (Phi) is 9.54. The first kappa shape index (κ1) is 28.3. The van der Waals surface area contributed by atoms with E-state index in [-0.39, 0.29) is 18.7 Å². The smallest absolute Gasteiger partial charge is 0.408 e. The number of benzene rings is 1. The molecule has 0 aliphatic carbocycles. The number of phenolic OH excluding ortho intramolecular Hbond substituents is 1. The van der Waals surface area contributed by atoms with Gasteiger partial charge in [0, 0.05) is 30.9 Å². The minimum absolute atomic E-state index is 0.0534. The third-order valence-electron chi connectivity index (χ3n) is 5.43. The minimum Gasteiger partial charge on any atom is -0.508 e. The number of hydrogen-bond donors (Lipinski definition) is 3. The van der Waals surface area contributed by atoms with Crippen LogP contribution in [0.25, 0.3) is 6.08 Å². The summed E-state index contributed by atoms with van der Waals surface area (Å²) in [6.07, 6.45) is 7.39. The Balaban J connectivity index is 2.40. The van der Waals surface area contributed by atoms with Crippen molar-refractivity contribution in [3.05, 3.63) is 59.2 Å². The van der Waals surface area contributed by atoms with Gasteiger partial charge in [0.1, 0.15) is 29.8 Å². The Labute approximate surface area is 211 Å². The van der Waals surface area contributed by atoms with Crippen LogP contribution in [0, 0.1) is 13.8 Å². The van der Waals surface area contributed by atoms with Crippen molar-refractivity contribution >= 4 is 24.0 Å². The number of aromatic nitrogens is 2. The van der Waals surface area contributed by atoms with E-state index in [2.05, 4.69) is 15.3 Å². The molecule has 0 spiro atoms. The Morgan fingerprint density at radius 1 is 1.17 bits per heavy atom. The van der Waals surface area contributed by atoms with E-state index >= 15 is 0 Å². The lowest BCUT2D eigenvalue weighted by atomic mass is 9.95. The molecule has 3 amide bonds.